The van der Waals surface area contributed by atoms with Crippen LogP contribution in [-0.4, -0.2) is 35.8 Å². The van der Waals surface area contributed by atoms with Gasteiger partial charge in [-0.05, 0) is 42.8 Å². The van der Waals surface area contributed by atoms with Crippen molar-refractivity contribution in [3.8, 4) is 34.2 Å². The molecule has 1 aliphatic heterocycles. The van der Waals surface area contributed by atoms with E-state index in [4.69, 9.17) is 15.0 Å². The molecule has 8 heteroatoms. The molecule has 0 radical (unpaired) electrons. The number of ether oxygens (including phenoxy) is 1. The van der Waals surface area contributed by atoms with Gasteiger partial charge in [0.1, 0.15) is 0 Å². The summed E-state index contributed by atoms with van der Waals surface area (Å²) in [5.74, 6) is -0.0402. The van der Waals surface area contributed by atoms with Crippen LogP contribution in [0, 0.1) is 17.1 Å². The Kier molecular flexibility index (Phi) is 5.69. The Hall–Kier alpha value is -3.70. The first-order valence-corrected chi connectivity index (χ1v) is 9.94. The second kappa shape index (κ2) is 8.58. The average molecular weight is 419 g/mol. The van der Waals surface area contributed by atoms with Gasteiger partial charge in [-0.1, -0.05) is 18.2 Å². The van der Waals surface area contributed by atoms with E-state index < -0.39 is 5.82 Å². The summed E-state index contributed by atoms with van der Waals surface area (Å²) in [6, 6.07) is 13.6. The maximum Gasteiger partial charge on any atom is 0.263 e. The van der Waals surface area contributed by atoms with E-state index in [1.807, 2.05) is 0 Å². The number of hydrogen-bond donors (Lipinski definition) is 2. The molecule has 1 aliphatic rings. The van der Waals surface area contributed by atoms with Crippen LogP contribution in [-0.2, 0) is 7.05 Å². The molecule has 4 rings (SSSR count). The number of anilines is 1. The summed E-state index contributed by atoms with van der Waals surface area (Å²) in [7, 11) is 3.02. The minimum absolute atomic E-state index is 0.0970. The summed E-state index contributed by atoms with van der Waals surface area (Å²) in [4.78, 5) is 18.1. The topological polar surface area (TPSA) is 92.0 Å². The molecule has 0 aliphatic carbocycles. The van der Waals surface area contributed by atoms with Crippen LogP contribution in [0.3, 0.4) is 0 Å². The highest BCUT2D eigenvalue weighted by Crippen LogP contribution is 2.31. The molecule has 3 aromatic rings. The smallest absolute Gasteiger partial charge is 0.263 e. The summed E-state index contributed by atoms with van der Waals surface area (Å²) in [5, 5.41) is 15.6. The van der Waals surface area contributed by atoms with Gasteiger partial charge in [0.15, 0.2) is 11.6 Å². The molecule has 2 N–H and O–H groups in total. The molecule has 0 amide bonds. The van der Waals surface area contributed by atoms with Crippen molar-refractivity contribution in [3.63, 3.8) is 0 Å². The van der Waals surface area contributed by atoms with Crippen LogP contribution in [0.25, 0.3) is 22.4 Å². The summed E-state index contributed by atoms with van der Waals surface area (Å²) in [6.45, 7) is 1.63. The second-order valence-corrected chi connectivity index (χ2v) is 7.38. The van der Waals surface area contributed by atoms with Gasteiger partial charge in [-0.25, -0.2) is 9.37 Å². The zero-order chi connectivity index (χ0) is 22.0. The molecule has 0 spiro atoms. The minimum atomic E-state index is -0.564. The normalized spacial score (nSPS) is 15.1. The number of nitriles is 1. The maximum atomic E-state index is 14.4. The van der Waals surface area contributed by atoms with Gasteiger partial charge in [-0.15, -0.1) is 0 Å². The maximum absolute atomic E-state index is 14.4. The molecule has 1 aromatic heterocycles. The Labute approximate surface area is 179 Å². The fourth-order valence-corrected chi connectivity index (χ4v) is 3.49. The average Bonchev–Trinajstić information content (AvgIpc) is 2.75. The summed E-state index contributed by atoms with van der Waals surface area (Å²) in [5.41, 5.74) is 1.95. The van der Waals surface area contributed by atoms with E-state index in [1.54, 1.807) is 37.4 Å². The Bertz CT molecular complexity index is 1210. The lowest BCUT2D eigenvalue weighted by Gasteiger charge is -2.28. The number of benzene rings is 2. The van der Waals surface area contributed by atoms with Crippen LogP contribution in [0.1, 0.15) is 12.0 Å². The number of hydrogen-bond acceptors (Lipinski definition) is 6. The van der Waals surface area contributed by atoms with E-state index in [2.05, 4.69) is 16.7 Å². The number of methoxy groups -OCH3 is 1. The second-order valence-electron chi connectivity index (χ2n) is 7.38. The Balaban J connectivity index is 1.87. The van der Waals surface area contributed by atoms with Crippen molar-refractivity contribution in [2.75, 3.05) is 25.5 Å². The number of nitrogens with zero attached hydrogens (tertiary/aromatic N) is 3. The van der Waals surface area contributed by atoms with Gasteiger partial charge in [0.05, 0.1) is 30.0 Å². The van der Waals surface area contributed by atoms with Gasteiger partial charge in [-0.3, -0.25) is 9.36 Å². The number of halogens is 1. The molecule has 0 bridgehead atoms. The van der Waals surface area contributed by atoms with E-state index in [1.165, 1.54) is 23.8 Å². The van der Waals surface area contributed by atoms with Crippen LogP contribution in [0.15, 0.2) is 47.3 Å². The Morgan fingerprint density at radius 3 is 2.58 bits per heavy atom. The molecule has 158 valence electrons. The highest BCUT2D eigenvalue weighted by molar-refractivity contribution is 5.81. The van der Waals surface area contributed by atoms with Crippen molar-refractivity contribution in [3.05, 3.63) is 64.2 Å². The lowest BCUT2D eigenvalue weighted by atomic mass is 9.99. The van der Waals surface area contributed by atoms with Gasteiger partial charge >= 0.3 is 0 Å². The Morgan fingerprint density at radius 2 is 2.00 bits per heavy atom. The lowest BCUT2D eigenvalue weighted by molar-refractivity contribution is 0.386. The molecule has 0 saturated carbocycles. The standard InChI is InChI=1S/C23H22FN5O2/c1-29-22(30)20(16-7-8-19(31-2)18(24)11-16)21(15-5-3-14(12-25)4-6-15)28-23(29)27-13-17-9-10-26-17/h3-8,11,17,26H,9-10,13H2,1-2H3,(H,27,28). The molecule has 1 atom stereocenters. The first kappa shape index (κ1) is 20.6. The van der Waals surface area contributed by atoms with E-state index in [9.17, 15) is 9.18 Å². The summed E-state index contributed by atoms with van der Waals surface area (Å²) < 4.78 is 20.9. The monoisotopic (exact) mass is 419 g/mol. The minimum Gasteiger partial charge on any atom is -0.494 e. The quantitative estimate of drug-likeness (QED) is 0.638. The summed E-state index contributed by atoms with van der Waals surface area (Å²) in [6.07, 6.45) is 1.06. The van der Waals surface area contributed by atoms with E-state index in [0.717, 1.165) is 13.0 Å². The van der Waals surface area contributed by atoms with Gasteiger partial charge in [0, 0.05) is 25.2 Å². The predicted octanol–water partition coefficient (Wildman–Crippen LogP) is 2.91. The number of rotatable bonds is 6. The summed E-state index contributed by atoms with van der Waals surface area (Å²) >= 11 is 0. The van der Waals surface area contributed by atoms with Crippen LogP contribution >= 0.6 is 0 Å². The predicted molar refractivity (Wildman–Crippen MR) is 116 cm³/mol. The molecule has 7 nitrogen and oxygen atoms in total. The zero-order valence-corrected chi connectivity index (χ0v) is 17.3. The first-order valence-electron chi connectivity index (χ1n) is 9.94. The fourth-order valence-electron chi connectivity index (χ4n) is 3.49. The zero-order valence-electron chi connectivity index (χ0n) is 17.3. The lowest BCUT2D eigenvalue weighted by Crippen LogP contribution is -2.47. The van der Waals surface area contributed by atoms with Gasteiger partial charge in [0.25, 0.3) is 5.56 Å². The Morgan fingerprint density at radius 1 is 1.29 bits per heavy atom. The molecule has 31 heavy (non-hydrogen) atoms. The van der Waals surface area contributed by atoms with E-state index in [-0.39, 0.29) is 16.9 Å². The number of nitrogens with one attached hydrogen (secondary N) is 2. The first-order chi connectivity index (χ1) is 15.0. The number of aromatic nitrogens is 2. The van der Waals surface area contributed by atoms with E-state index in [0.29, 0.717) is 40.9 Å². The molecule has 2 aromatic carbocycles. The van der Waals surface area contributed by atoms with Crippen LogP contribution in [0.4, 0.5) is 10.3 Å². The largest absolute Gasteiger partial charge is 0.494 e. The third kappa shape index (κ3) is 4.00. The van der Waals surface area contributed by atoms with Crippen molar-refractivity contribution in [2.24, 2.45) is 7.05 Å². The van der Waals surface area contributed by atoms with Crippen molar-refractivity contribution in [2.45, 2.75) is 12.5 Å². The SMILES string of the molecule is COc1ccc(-c2c(-c3ccc(C#N)cc3)nc(NCC3CCN3)n(C)c2=O)cc1F. The molecule has 1 saturated heterocycles. The van der Waals surface area contributed by atoms with Gasteiger partial charge in [0.2, 0.25) is 5.95 Å². The van der Waals surface area contributed by atoms with Crippen LogP contribution < -0.4 is 20.9 Å². The van der Waals surface area contributed by atoms with Crippen LogP contribution in [0.5, 0.6) is 5.75 Å². The fraction of sp³-hybridized carbons (Fsp3) is 0.261. The van der Waals surface area contributed by atoms with Crippen molar-refractivity contribution in [1.82, 2.24) is 14.9 Å². The van der Waals surface area contributed by atoms with Crippen molar-refractivity contribution >= 4 is 5.95 Å². The third-order valence-corrected chi connectivity index (χ3v) is 5.45. The van der Waals surface area contributed by atoms with Gasteiger partial charge < -0.3 is 15.4 Å². The van der Waals surface area contributed by atoms with E-state index >= 15 is 0 Å². The highest BCUT2D eigenvalue weighted by atomic mass is 19.1. The molecular weight excluding hydrogens is 397 g/mol. The van der Waals surface area contributed by atoms with Crippen molar-refractivity contribution < 1.29 is 9.13 Å². The molecule has 2 heterocycles. The molecule has 1 unspecified atom stereocenters. The van der Waals surface area contributed by atoms with Crippen LogP contribution in [0.2, 0.25) is 0 Å². The van der Waals surface area contributed by atoms with Gasteiger partial charge in [-0.2, -0.15) is 5.26 Å². The molecule has 1 fully saturated rings. The molecular formula is C23H22FN5O2. The highest BCUT2D eigenvalue weighted by Gasteiger charge is 2.21. The van der Waals surface area contributed by atoms with Crippen molar-refractivity contribution in [1.29, 1.82) is 5.26 Å². The third-order valence-electron chi connectivity index (χ3n) is 5.45.